The van der Waals surface area contributed by atoms with Gasteiger partial charge in [0.05, 0.1) is 0 Å². The second-order valence-electron chi connectivity index (χ2n) is 4.01. The summed E-state index contributed by atoms with van der Waals surface area (Å²) in [6.07, 6.45) is 0. The summed E-state index contributed by atoms with van der Waals surface area (Å²) in [5, 5.41) is 0. The molecular weight excluding hydrogens is 188 g/mol. The zero-order chi connectivity index (χ0) is 9.07. The number of hydrogen-bond acceptors (Lipinski definition) is 2. The lowest BCUT2D eigenvalue weighted by molar-refractivity contribution is 0.547. The molecule has 0 aliphatic heterocycles. The van der Waals surface area contributed by atoms with Crippen molar-refractivity contribution in [1.29, 1.82) is 0 Å². The van der Waals surface area contributed by atoms with Crippen molar-refractivity contribution in [1.82, 2.24) is 0 Å². The van der Waals surface area contributed by atoms with Crippen molar-refractivity contribution in [3.05, 3.63) is 0 Å². The average Bonchev–Trinajstić information content (AvgIpc) is 1.53. The van der Waals surface area contributed by atoms with Crippen LogP contribution in [0.1, 0.15) is 0 Å². The summed E-state index contributed by atoms with van der Waals surface area (Å²) in [5.41, 5.74) is 0.998. The Morgan fingerprint density at radius 1 is 1.27 bits per heavy atom. The van der Waals surface area contributed by atoms with Gasteiger partial charge in [-0.05, 0) is 38.4 Å². The topological polar surface area (TPSA) is 29.5 Å². The van der Waals surface area contributed by atoms with Crippen molar-refractivity contribution in [2.45, 2.75) is 38.4 Å². The summed E-state index contributed by atoms with van der Waals surface area (Å²) < 4.78 is 5.78. The minimum absolute atomic E-state index is 0.845. The van der Waals surface area contributed by atoms with E-state index in [2.05, 4.69) is 19.6 Å². The Morgan fingerprint density at radius 3 is 2.00 bits per heavy atom. The minimum Gasteiger partial charge on any atom is -0.461 e. The van der Waals surface area contributed by atoms with Gasteiger partial charge in [-0.15, -0.1) is 0 Å². The zero-order valence-corrected chi connectivity index (χ0v) is 11.5. The van der Waals surface area contributed by atoms with Crippen LogP contribution in [0.3, 0.4) is 0 Å². The molecule has 0 saturated carbocycles. The normalized spacial score (nSPS) is 15.5. The predicted molar refractivity (Wildman–Crippen MR) is 57.5 cm³/mol. The van der Waals surface area contributed by atoms with Crippen LogP contribution in [0.25, 0.3) is 0 Å². The van der Waals surface area contributed by atoms with Gasteiger partial charge < -0.3 is 8.91 Å². The van der Waals surface area contributed by atoms with E-state index in [1.807, 2.05) is 13.1 Å². The molecule has 0 aromatic heterocycles. The quantitative estimate of drug-likeness (QED) is 0.701. The highest BCUT2D eigenvalue weighted by Gasteiger charge is 2.22. The van der Waals surface area contributed by atoms with Crippen molar-refractivity contribution in [2.75, 3.05) is 0 Å². The molecule has 0 aromatic carbocycles. The zero-order valence-electron chi connectivity index (χ0n) is 8.22. The number of rotatable bonds is 4. The van der Waals surface area contributed by atoms with Crippen molar-refractivity contribution >= 4 is 26.4 Å². The first-order chi connectivity index (χ1) is 4.81. The molecule has 0 aliphatic carbocycles. The summed E-state index contributed by atoms with van der Waals surface area (Å²) in [5.74, 6) is 0. The fourth-order valence-electron chi connectivity index (χ4n) is 1.22. The lowest BCUT2D eigenvalue weighted by atomic mass is 11.8. The maximum absolute atomic E-state index is 9.61. The second-order valence-corrected chi connectivity index (χ2v) is 14.1. The molecule has 0 aromatic rings. The molecule has 68 valence electrons. The third-order valence-electron chi connectivity index (χ3n) is 1.29. The molecule has 0 aliphatic rings. The molecule has 1 atom stereocenters. The van der Waals surface area contributed by atoms with Crippen LogP contribution in [0.5, 0.6) is 0 Å². The molecule has 0 saturated heterocycles. The molecule has 0 fully saturated rings. The van der Waals surface area contributed by atoms with Crippen molar-refractivity contribution in [3.63, 3.8) is 0 Å². The van der Waals surface area contributed by atoms with Gasteiger partial charge in [0.25, 0.3) is 0 Å². The average molecular weight is 208 g/mol. The SMILES string of the molecule is C[SiH](C)O[SiH](C)C[Si](C)(C)O. The molecule has 0 amide bonds. The Hall–Kier alpha value is 0.571. The third kappa shape index (κ3) is 8.48. The highest BCUT2D eigenvalue weighted by Crippen LogP contribution is 2.08. The highest BCUT2D eigenvalue weighted by molar-refractivity contribution is 6.83. The maximum atomic E-state index is 9.61. The first-order valence-electron chi connectivity index (χ1n) is 4.19. The summed E-state index contributed by atoms with van der Waals surface area (Å²) >= 11 is 0. The highest BCUT2D eigenvalue weighted by atomic mass is 28.4. The van der Waals surface area contributed by atoms with E-state index in [1.165, 1.54) is 0 Å². The van der Waals surface area contributed by atoms with Gasteiger partial charge >= 0.3 is 0 Å². The van der Waals surface area contributed by atoms with Gasteiger partial charge in [0, 0.05) is 0 Å². The van der Waals surface area contributed by atoms with E-state index < -0.39 is 26.4 Å². The first-order valence-corrected chi connectivity index (χ1v) is 12.6. The lowest BCUT2D eigenvalue weighted by Crippen LogP contribution is -2.35. The van der Waals surface area contributed by atoms with Crippen LogP contribution < -0.4 is 0 Å². The molecule has 1 unspecified atom stereocenters. The molecule has 0 spiro atoms. The molecular formula is C6H20O2Si3. The summed E-state index contributed by atoms with van der Waals surface area (Å²) in [7, 11) is -3.68. The van der Waals surface area contributed by atoms with Crippen molar-refractivity contribution in [3.8, 4) is 0 Å². The Bertz CT molecular complexity index is 111. The molecule has 5 heteroatoms. The van der Waals surface area contributed by atoms with E-state index in [0.717, 1.165) is 5.67 Å². The monoisotopic (exact) mass is 208 g/mol. The van der Waals surface area contributed by atoms with E-state index >= 15 is 0 Å². The van der Waals surface area contributed by atoms with Crippen LogP contribution in [0.2, 0.25) is 38.4 Å². The summed E-state index contributed by atoms with van der Waals surface area (Å²) in [6.45, 7) is 10.5. The van der Waals surface area contributed by atoms with Gasteiger partial charge in [-0.2, -0.15) is 0 Å². The Kier molecular flexibility index (Phi) is 4.80. The van der Waals surface area contributed by atoms with Gasteiger partial charge in [-0.25, -0.2) is 0 Å². The van der Waals surface area contributed by atoms with Crippen LogP contribution in [-0.2, 0) is 4.12 Å². The van der Waals surface area contributed by atoms with Crippen LogP contribution in [0, 0.1) is 0 Å². The molecule has 2 nitrogen and oxygen atoms in total. The lowest BCUT2D eigenvalue weighted by Gasteiger charge is -2.20. The van der Waals surface area contributed by atoms with Gasteiger partial charge in [-0.3, -0.25) is 0 Å². The van der Waals surface area contributed by atoms with Gasteiger partial charge in [0.15, 0.2) is 26.4 Å². The van der Waals surface area contributed by atoms with E-state index in [9.17, 15) is 4.80 Å². The van der Waals surface area contributed by atoms with E-state index in [-0.39, 0.29) is 0 Å². The van der Waals surface area contributed by atoms with Crippen LogP contribution >= 0.6 is 0 Å². The molecule has 0 rings (SSSR count). The van der Waals surface area contributed by atoms with Crippen LogP contribution in [-0.4, -0.2) is 31.2 Å². The fourth-order valence-corrected chi connectivity index (χ4v) is 11.8. The Morgan fingerprint density at radius 2 is 1.73 bits per heavy atom. The van der Waals surface area contributed by atoms with Gasteiger partial charge in [0.2, 0.25) is 0 Å². The van der Waals surface area contributed by atoms with E-state index in [4.69, 9.17) is 4.12 Å². The van der Waals surface area contributed by atoms with Crippen molar-refractivity contribution < 1.29 is 8.91 Å². The first kappa shape index (κ1) is 11.6. The second kappa shape index (κ2) is 4.56. The predicted octanol–water partition coefficient (Wildman–Crippen LogP) is 1.08. The van der Waals surface area contributed by atoms with Crippen molar-refractivity contribution in [2.24, 2.45) is 0 Å². The van der Waals surface area contributed by atoms with E-state index in [1.54, 1.807) is 0 Å². The molecule has 1 N–H and O–H groups in total. The number of hydrogen-bond donors (Lipinski definition) is 1. The van der Waals surface area contributed by atoms with Gasteiger partial charge in [-0.1, -0.05) is 0 Å². The molecule has 0 bridgehead atoms. The molecule has 0 heterocycles. The summed E-state index contributed by atoms with van der Waals surface area (Å²) in [4.78, 5) is 9.61. The maximum Gasteiger partial charge on any atom is 0.181 e. The molecule has 0 radical (unpaired) electrons. The van der Waals surface area contributed by atoms with E-state index in [0.29, 0.717) is 0 Å². The van der Waals surface area contributed by atoms with Gasteiger partial charge in [0.1, 0.15) is 0 Å². The summed E-state index contributed by atoms with van der Waals surface area (Å²) in [6, 6.07) is 0. The van der Waals surface area contributed by atoms with Crippen LogP contribution in [0.4, 0.5) is 0 Å². The molecule has 11 heavy (non-hydrogen) atoms. The Balaban J connectivity index is 3.61. The Labute approximate surface area is 74.2 Å². The minimum atomic E-state index is -1.83. The standard InChI is InChI=1S/C6H20O2Si3/c1-9(2)8-10(3)6-11(4,5)7/h7,9-10H,6H2,1-5H3. The third-order valence-corrected chi connectivity index (χ3v) is 11.6. The van der Waals surface area contributed by atoms with Crippen LogP contribution in [0.15, 0.2) is 0 Å². The largest absolute Gasteiger partial charge is 0.461 e. The smallest absolute Gasteiger partial charge is 0.181 e. The fraction of sp³-hybridized carbons (Fsp3) is 1.00.